The van der Waals surface area contributed by atoms with Gasteiger partial charge in [-0.1, -0.05) is 38.0 Å². The van der Waals surface area contributed by atoms with Gasteiger partial charge in [0.1, 0.15) is 5.82 Å². The quantitative estimate of drug-likeness (QED) is 0.850. The lowest BCUT2D eigenvalue weighted by atomic mass is 9.92. The van der Waals surface area contributed by atoms with Gasteiger partial charge in [0.25, 0.3) is 0 Å². The van der Waals surface area contributed by atoms with Gasteiger partial charge in [-0.3, -0.25) is 0 Å². The van der Waals surface area contributed by atoms with Gasteiger partial charge in [-0.2, -0.15) is 11.8 Å². The summed E-state index contributed by atoms with van der Waals surface area (Å²) in [5.41, 5.74) is 0.815. The summed E-state index contributed by atoms with van der Waals surface area (Å²) in [6, 6.07) is 7.82. The number of hydrogen-bond donors (Lipinski definition) is 1. The molecule has 1 fully saturated rings. The Morgan fingerprint density at radius 1 is 1.32 bits per heavy atom. The van der Waals surface area contributed by atoms with Crippen molar-refractivity contribution in [1.29, 1.82) is 0 Å². The molecule has 106 valence electrons. The van der Waals surface area contributed by atoms with Crippen molar-refractivity contribution in [3.05, 3.63) is 35.6 Å². The maximum absolute atomic E-state index is 13.9. The van der Waals surface area contributed by atoms with E-state index in [1.165, 1.54) is 25.7 Å². The van der Waals surface area contributed by atoms with Crippen molar-refractivity contribution in [2.24, 2.45) is 0 Å². The molecule has 1 aromatic rings. The van der Waals surface area contributed by atoms with Crippen molar-refractivity contribution in [3.8, 4) is 0 Å². The molecule has 1 saturated carbocycles. The first-order valence-corrected chi connectivity index (χ1v) is 8.58. The molecule has 2 rings (SSSR count). The van der Waals surface area contributed by atoms with Crippen LogP contribution in [0.5, 0.6) is 0 Å². The average molecular weight is 281 g/mol. The second kappa shape index (κ2) is 7.30. The lowest BCUT2D eigenvalue weighted by Crippen LogP contribution is -2.42. The van der Waals surface area contributed by atoms with Crippen LogP contribution < -0.4 is 5.32 Å². The van der Waals surface area contributed by atoms with E-state index in [0.29, 0.717) is 11.3 Å². The van der Waals surface area contributed by atoms with Crippen LogP contribution in [-0.4, -0.2) is 17.5 Å². The van der Waals surface area contributed by atoms with E-state index in [1.54, 1.807) is 12.1 Å². The zero-order valence-electron chi connectivity index (χ0n) is 11.9. The molecule has 0 spiro atoms. The normalized spacial score (nSPS) is 25.2. The summed E-state index contributed by atoms with van der Waals surface area (Å²) < 4.78 is 13.9. The number of halogens is 1. The topological polar surface area (TPSA) is 12.0 Å². The number of benzene rings is 1. The second-order valence-electron chi connectivity index (χ2n) is 5.31. The Hall–Kier alpha value is -0.540. The summed E-state index contributed by atoms with van der Waals surface area (Å²) in [5, 5.41) is 4.38. The van der Waals surface area contributed by atoms with E-state index in [4.69, 9.17) is 0 Å². The minimum atomic E-state index is -0.0849. The highest BCUT2D eigenvalue weighted by atomic mass is 32.2. The maximum atomic E-state index is 13.9. The molecule has 1 aliphatic carbocycles. The zero-order chi connectivity index (χ0) is 13.7. The Morgan fingerprint density at radius 3 is 2.74 bits per heavy atom. The van der Waals surface area contributed by atoms with E-state index >= 15 is 0 Å². The van der Waals surface area contributed by atoms with Gasteiger partial charge in [0.15, 0.2) is 0 Å². The summed E-state index contributed by atoms with van der Waals surface area (Å²) in [4.78, 5) is 0. The van der Waals surface area contributed by atoms with Crippen molar-refractivity contribution >= 4 is 11.8 Å². The van der Waals surface area contributed by atoms with E-state index < -0.39 is 0 Å². The summed E-state index contributed by atoms with van der Waals surface area (Å²) in [6.45, 7) is 2.13. The molecule has 0 aliphatic heterocycles. The standard InChI is InChI=1S/C16H24FNS/c1-3-14(12-8-4-5-9-13(12)17)18-15-10-6-7-11-16(15)19-2/h4-5,8-9,14-16,18H,3,6-7,10-11H2,1-2H3. The summed E-state index contributed by atoms with van der Waals surface area (Å²) in [7, 11) is 0. The molecule has 0 heterocycles. The first kappa shape index (κ1) is 14.9. The predicted octanol–water partition coefficient (Wildman–Crippen LogP) is 4.54. The van der Waals surface area contributed by atoms with Gasteiger partial charge in [-0.05, 0) is 31.6 Å². The molecule has 0 saturated heterocycles. The molecule has 0 radical (unpaired) electrons. The third-order valence-electron chi connectivity index (χ3n) is 4.11. The van der Waals surface area contributed by atoms with Crippen LogP contribution in [0.15, 0.2) is 24.3 Å². The molecule has 1 nitrogen and oxygen atoms in total. The third kappa shape index (κ3) is 3.73. The minimum Gasteiger partial charge on any atom is -0.306 e. The molecule has 1 aliphatic rings. The Balaban J connectivity index is 2.08. The summed E-state index contributed by atoms with van der Waals surface area (Å²) in [6.07, 6.45) is 8.25. The van der Waals surface area contributed by atoms with E-state index in [1.807, 2.05) is 23.9 Å². The molecule has 0 amide bonds. The fraction of sp³-hybridized carbons (Fsp3) is 0.625. The molecule has 3 unspecified atom stereocenters. The van der Waals surface area contributed by atoms with Gasteiger partial charge >= 0.3 is 0 Å². The summed E-state index contributed by atoms with van der Waals surface area (Å²) >= 11 is 1.95. The number of rotatable bonds is 5. The van der Waals surface area contributed by atoms with Crippen molar-refractivity contribution in [3.63, 3.8) is 0 Å². The lowest BCUT2D eigenvalue weighted by Gasteiger charge is -2.34. The van der Waals surface area contributed by atoms with Crippen LogP contribution in [0.1, 0.15) is 50.6 Å². The first-order valence-electron chi connectivity index (χ1n) is 7.29. The van der Waals surface area contributed by atoms with E-state index in [0.717, 1.165) is 12.0 Å². The number of nitrogens with one attached hydrogen (secondary N) is 1. The molecular weight excluding hydrogens is 257 g/mol. The van der Waals surface area contributed by atoms with Crippen LogP contribution in [0.3, 0.4) is 0 Å². The molecule has 19 heavy (non-hydrogen) atoms. The summed E-state index contributed by atoms with van der Waals surface area (Å²) in [5.74, 6) is -0.0849. The molecule has 1 N–H and O–H groups in total. The van der Waals surface area contributed by atoms with Crippen molar-refractivity contribution in [2.75, 3.05) is 6.26 Å². The molecule has 1 aromatic carbocycles. The van der Waals surface area contributed by atoms with Crippen LogP contribution in [0, 0.1) is 5.82 Å². The Kier molecular flexibility index (Phi) is 5.71. The highest BCUT2D eigenvalue weighted by Crippen LogP contribution is 2.30. The van der Waals surface area contributed by atoms with Gasteiger partial charge in [0.05, 0.1) is 0 Å². The first-order chi connectivity index (χ1) is 9.26. The molecule has 0 aromatic heterocycles. The van der Waals surface area contributed by atoms with Crippen LogP contribution in [0.25, 0.3) is 0 Å². The third-order valence-corrected chi connectivity index (χ3v) is 5.28. The highest BCUT2D eigenvalue weighted by Gasteiger charge is 2.27. The average Bonchev–Trinajstić information content (AvgIpc) is 2.46. The van der Waals surface area contributed by atoms with E-state index in [-0.39, 0.29) is 11.9 Å². The number of hydrogen-bond acceptors (Lipinski definition) is 2. The SMILES string of the molecule is CCC(NC1CCCCC1SC)c1ccccc1F. The smallest absolute Gasteiger partial charge is 0.127 e. The van der Waals surface area contributed by atoms with Crippen LogP contribution >= 0.6 is 11.8 Å². The molecule has 3 heteroatoms. The largest absolute Gasteiger partial charge is 0.306 e. The van der Waals surface area contributed by atoms with Gasteiger partial charge in [-0.15, -0.1) is 0 Å². The minimum absolute atomic E-state index is 0.0849. The van der Waals surface area contributed by atoms with Gasteiger partial charge < -0.3 is 5.32 Å². The Bertz CT molecular complexity index is 396. The van der Waals surface area contributed by atoms with Crippen LogP contribution in [0.4, 0.5) is 4.39 Å². The lowest BCUT2D eigenvalue weighted by molar-refractivity contribution is 0.338. The van der Waals surface area contributed by atoms with Crippen molar-refractivity contribution in [1.82, 2.24) is 5.32 Å². The maximum Gasteiger partial charge on any atom is 0.127 e. The highest BCUT2D eigenvalue weighted by molar-refractivity contribution is 7.99. The molecule has 3 atom stereocenters. The van der Waals surface area contributed by atoms with Crippen LogP contribution in [0.2, 0.25) is 0 Å². The Labute approximate surface area is 120 Å². The predicted molar refractivity (Wildman–Crippen MR) is 82.1 cm³/mol. The monoisotopic (exact) mass is 281 g/mol. The van der Waals surface area contributed by atoms with E-state index in [9.17, 15) is 4.39 Å². The van der Waals surface area contributed by atoms with E-state index in [2.05, 4.69) is 18.5 Å². The fourth-order valence-corrected chi connectivity index (χ4v) is 3.96. The zero-order valence-corrected chi connectivity index (χ0v) is 12.7. The van der Waals surface area contributed by atoms with Crippen molar-refractivity contribution < 1.29 is 4.39 Å². The van der Waals surface area contributed by atoms with Gasteiger partial charge in [0, 0.05) is 22.9 Å². The fourth-order valence-electron chi connectivity index (χ4n) is 3.01. The Morgan fingerprint density at radius 2 is 2.05 bits per heavy atom. The van der Waals surface area contributed by atoms with Gasteiger partial charge in [0.2, 0.25) is 0 Å². The second-order valence-corrected chi connectivity index (χ2v) is 6.39. The van der Waals surface area contributed by atoms with Crippen molar-refractivity contribution in [2.45, 2.75) is 56.4 Å². The van der Waals surface area contributed by atoms with Gasteiger partial charge in [-0.25, -0.2) is 4.39 Å². The van der Waals surface area contributed by atoms with Crippen LogP contribution in [-0.2, 0) is 0 Å². The molecular formula is C16H24FNS. The number of thioether (sulfide) groups is 1. The molecule has 0 bridgehead atoms.